The first kappa shape index (κ1) is 11.1. The maximum atomic E-state index is 5.99. The lowest BCUT2D eigenvalue weighted by molar-refractivity contribution is 0.0682. The summed E-state index contributed by atoms with van der Waals surface area (Å²) in [4.78, 5) is 4.03. The number of hydrogen-bond donors (Lipinski definition) is 1. The molecule has 0 radical (unpaired) electrons. The van der Waals surface area contributed by atoms with E-state index in [-0.39, 0.29) is 12.1 Å². The van der Waals surface area contributed by atoms with E-state index in [1.807, 2.05) is 33.0 Å². The van der Waals surface area contributed by atoms with E-state index in [1.165, 1.54) is 0 Å². The van der Waals surface area contributed by atoms with E-state index < -0.39 is 0 Å². The number of aromatic nitrogens is 1. The monoisotopic (exact) mass is 194 g/mol. The van der Waals surface area contributed by atoms with Gasteiger partial charge in [-0.2, -0.15) is 0 Å². The summed E-state index contributed by atoms with van der Waals surface area (Å²) >= 11 is 0. The number of hydrogen-bond acceptors (Lipinski definition) is 3. The summed E-state index contributed by atoms with van der Waals surface area (Å²) in [6, 6.07) is 1.89. The third-order valence-electron chi connectivity index (χ3n) is 2.07. The van der Waals surface area contributed by atoms with Crippen molar-refractivity contribution in [2.75, 3.05) is 6.61 Å². The van der Waals surface area contributed by atoms with Crippen LogP contribution in [0.15, 0.2) is 18.5 Å². The van der Waals surface area contributed by atoms with E-state index in [4.69, 9.17) is 10.5 Å². The summed E-state index contributed by atoms with van der Waals surface area (Å²) in [5, 5.41) is 0. The van der Waals surface area contributed by atoms with Crippen molar-refractivity contribution in [1.82, 2.24) is 4.98 Å². The number of nitrogens with zero attached hydrogens (tertiary/aromatic N) is 1. The molecule has 1 aromatic heterocycles. The fraction of sp³-hybridized carbons (Fsp3) is 0.545. The molecule has 0 aromatic carbocycles. The predicted octanol–water partition coefficient (Wildman–Crippen LogP) is 1.81. The molecule has 2 N–H and O–H groups in total. The summed E-state index contributed by atoms with van der Waals surface area (Å²) in [7, 11) is 0. The molecule has 0 saturated heterocycles. The van der Waals surface area contributed by atoms with Gasteiger partial charge in [-0.1, -0.05) is 0 Å². The Morgan fingerprint density at radius 3 is 2.79 bits per heavy atom. The topological polar surface area (TPSA) is 48.1 Å². The second-order valence-corrected chi connectivity index (χ2v) is 3.72. The highest BCUT2D eigenvalue weighted by Crippen LogP contribution is 2.14. The van der Waals surface area contributed by atoms with Crippen LogP contribution in [0.5, 0.6) is 0 Å². The van der Waals surface area contributed by atoms with Crippen LogP contribution < -0.4 is 5.73 Å². The van der Waals surface area contributed by atoms with Crippen LogP contribution in [0.3, 0.4) is 0 Å². The quantitative estimate of drug-likeness (QED) is 0.795. The minimum atomic E-state index is -0.0552. The minimum Gasteiger partial charge on any atom is -0.377 e. The van der Waals surface area contributed by atoms with Crippen molar-refractivity contribution in [3.05, 3.63) is 29.6 Å². The Morgan fingerprint density at radius 2 is 2.21 bits per heavy atom. The van der Waals surface area contributed by atoms with Gasteiger partial charge in [0.1, 0.15) is 0 Å². The number of nitrogens with two attached hydrogens (primary N) is 1. The third kappa shape index (κ3) is 3.09. The molecule has 14 heavy (non-hydrogen) atoms. The molecule has 3 nitrogen and oxygen atoms in total. The lowest BCUT2D eigenvalue weighted by Gasteiger charge is -2.16. The molecule has 1 heterocycles. The predicted molar refractivity (Wildman–Crippen MR) is 57.0 cm³/mol. The van der Waals surface area contributed by atoms with Crippen molar-refractivity contribution in [3.8, 4) is 0 Å². The van der Waals surface area contributed by atoms with Gasteiger partial charge in [-0.25, -0.2) is 0 Å². The Balaban J connectivity index is 2.60. The van der Waals surface area contributed by atoms with Gasteiger partial charge in [-0.05, 0) is 38.0 Å². The molecule has 0 fully saturated rings. The molecule has 0 aliphatic heterocycles. The van der Waals surface area contributed by atoms with Crippen molar-refractivity contribution in [2.45, 2.75) is 32.9 Å². The maximum Gasteiger partial charge on any atom is 0.0662 e. The van der Waals surface area contributed by atoms with Gasteiger partial charge in [0.05, 0.1) is 18.8 Å². The number of aryl methyl sites for hydroxylation is 1. The molecule has 0 amide bonds. The average molecular weight is 194 g/mol. The standard InChI is InChI=1S/C11H18N2O/c1-8(2)14-7-11(12)10-4-5-13-6-9(10)3/h4-6,8,11H,7,12H2,1-3H3. The minimum absolute atomic E-state index is 0.0552. The van der Waals surface area contributed by atoms with Gasteiger partial charge in [0.2, 0.25) is 0 Å². The van der Waals surface area contributed by atoms with Crippen molar-refractivity contribution < 1.29 is 4.74 Å². The fourth-order valence-corrected chi connectivity index (χ4v) is 1.29. The highest BCUT2D eigenvalue weighted by molar-refractivity contribution is 5.24. The number of rotatable bonds is 4. The van der Waals surface area contributed by atoms with Gasteiger partial charge in [-0.3, -0.25) is 4.98 Å². The van der Waals surface area contributed by atoms with E-state index in [9.17, 15) is 0 Å². The Bertz CT molecular complexity index is 286. The van der Waals surface area contributed by atoms with E-state index in [2.05, 4.69) is 4.98 Å². The molecule has 0 aliphatic carbocycles. The first-order valence-electron chi connectivity index (χ1n) is 4.89. The lowest BCUT2D eigenvalue weighted by atomic mass is 10.1. The van der Waals surface area contributed by atoms with Gasteiger partial charge in [0.15, 0.2) is 0 Å². The normalized spacial score (nSPS) is 13.2. The van der Waals surface area contributed by atoms with E-state index in [1.54, 1.807) is 6.20 Å². The van der Waals surface area contributed by atoms with Crippen LogP contribution in [-0.2, 0) is 4.74 Å². The molecule has 0 spiro atoms. The summed E-state index contributed by atoms with van der Waals surface area (Å²) in [5.41, 5.74) is 8.22. The molecular formula is C11H18N2O. The molecule has 78 valence electrons. The summed E-state index contributed by atoms with van der Waals surface area (Å²) in [6.45, 7) is 6.58. The van der Waals surface area contributed by atoms with Crippen LogP contribution in [0.4, 0.5) is 0 Å². The van der Waals surface area contributed by atoms with Crippen molar-refractivity contribution in [1.29, 1.82) is 0 Å². The van der Waals surface area contributed by atoms with Crippen molar-refractivity contribution in [3.63, 3.8) is 0 Å². The molecule has 0 bridgehead atoms. The van der Waals surface area contributed by atoms with Gasteiger partial charge in [0, 0.05) is 12.4 Å². The van der Waals surface area contributed by atoms with Crippen molar-refractivity contribution in [2.24, 2.45) is 5.73 Å². The van der Waals surface area contributed by atoms with Gasteiger partial charge >= 0.3 is 0 Å². The van der Waals surface area contributed by atoms with Gasteiger partial charge in [0.25, 0.3) is 0 Å². The highest BCUT2D eigenvalue weighted by Gasteiger charge is 2.09. The zero-order chi connectivity index (χ0) is 10.6. The molecule has 1 atom stereocenters. The Hall–Kier alpha value is -0.930. The van der Waals surface area contributed by atoms with E-state index in [0.717, 1.165) is 11.1 Å². The van der Waals surface area contributed by atoms with Crippen LogP contribution in [0, 0.1) is 6.92 Å². The molecule has 0 saturated carbocycles. The SMILES string of the molecule is Cc1cnccc1C(N)COC(C)C. The summed E-state index contributed by atoms with van der Waals surface area (Å²) in [5.74, 6) is 0. The number of pyridine rings is 1. The van der Waals surface area contributed by atoms with E-state index >= 15 is 0 Å². The lowest BCUT2D eigenvalue weighted by Crippen LogP contribution is -2.20. The zero-order valence-electron chi connectivity index (χ0n) is 9.03. The molecule has 1 unspecified atom stereocenters. The average Bonchev–Trinajstić information content (AvgIpc) is 2.15. The Kier molecular flexibility index (Phi) is 4.04. The van der Waals surface area contributed by atoms with Gasteiger partial charge < -0.3 is 10.5 Å². The second kappa shape index (κ2) is 5.08. The summed E-state index contributed by atoms with van der Waals surface area (Å²) < 4.78 is 5.47. The van der Waals surface area contributed by atoms with Gasteiger partial charge in [-0.15, -0.1) is 0 Å². The second-order valence-electron chi connectivity index (χ2n) is 3.72. The van der Waals surface area contributed by atoms with Crippen LogP contribution in [0.1, 0.15) is 31.0 Å². The molecule has 3 heteroatoms. The molecule has 0 aliphatic rings. The highest BCUT2D eigenvalue weighted by atomic mass is 16.5. The zero-order valence-corrected chi connectivity index (χ0v) is 9.03. The summed E-state index contributed by atoms with van der Waals surface area (Å²) in [6.07, 6.45) is 3.81. The largest absolute Gasteiger partial charge is 0.377 e. The van der Waals surface area contributed by atoms with E-state index in [0.29, 0.717) is 6.61 Å². The van der Waals surface area contributed by atoms with Crippen LogP contribution in [0.2, 0.25) is 0 Å². The third-order valence-corrected chi connectivity index (χ3v) is 2.07. The molecular weight excluding hydrogens is 176 g/mol. The Labute approximate surface area is 85.3 Å². The maximum absolute atomic E-state index is 5.99. The fourth-order valence-electron chi connectivity index (χ4n) is 1.29. The van der Waals surface area contributed by atoms with Crippen LogP contribution in [0.25, 0.3) is 0 Å². The number of ether oxygens (including phenoxy) is 1. The van der Waals surface area contributed by atoms with Crippen LogP contribution in [-0.4, -0.2) is 17.7 Å². The molecule has 1 aromatic rings. The Morgan fingerprint density at radius 1 is 1.50 bits per heavy atom. The first-order chi connectivity index (χ1) is 6.61. The molecule has 1 rings (SSSR count). The first-order valence-corrected chi connectivity index (χ1v) is 4.89. The van der Waals surface area contributed by atoms with Crippen LogP contribution >= 0.6 is 0 Å². The van der Waals surface area contributed by atoms with Crippen molar-refractivity contribution >= 4 is 0 Å². The smallest absolute Gasteiger partial charge is 0.0662 e.